The van der Waals surface area contributed by atoms with Crippen LogP contribution >= 0.6 is 11.3 Å². The molecule has 1 fully saturated rings. The van der Waals surface area contributed by atoms with Gasteiger partial charge in [-0.2, -0.15) is 0 Å². The molecule has 0 atom stereocenters. The predicted octanol–water partition coefficient (Wildman–Crippen LogP) is 2.30. The number of morpholine rings is 1. The molecule has 5 heteroatoms. The fraction of sp³-hybridized carbons (Fsp3) is 0.643. The van der Waals surface area contributed by atoms with Crippen LogP contribution in [0.25, 0.3) is 6.08 Å². The van der Waals surface area contributed by atoms with Crippen molar-refractivity contribution in [3.63, 3.8) is 0 Å². The van der Waals surface area contributed by atoms with Crippen LogP contribution in [0.3, 0.4) is 0 Å². The van der Waals surface area contributed by atoms with Crippen LogP contribution in [0.2, 0.25) is 0 Å². The topological polar surface area (TPSA) is 37.4 Å². The molecular formula is C14H23N3OS. The van der Waals surface area contributed by atoms with Gasteiger partial charge in [-0.15, -0.1) is 0 Å². The number of aryl methyl sites for hydroxylation is 1. The van der Waals surface area contributed by atoms with Gasteiger partial charge in [-0.05, 0) is 26.5 Å². The molecule has 0 amide bonds. The second kappa shape index (κ2) is 7.03. The molecule has 2 heterocycles. The number of thiazole rings is 1. The number of ether oxygens (including phenoxy) is 1. The Labute approximate surface area is 119 Å². The highest BCUT2D eigenvalue weighted by Gasteiger charge is 2.16. The highest BCUT2D eigenvalue weighted by atomic mass is 32.1. The number of hydrogen-bond acceptors (Lipinski definition) is 5. The summed E-state index contributed by atoms with van der Waals surface area (Å²) in [5, 5.41) is 4.47. The minimum atomic E-state index is 0.809. The Morgan fingerprint density at radius 3 is 2.89 bits per heavy atom. The zero-order valence-electron chi connectivity index (χ0n) is 12.0. The molecular weight excluding hydrogens is 258 g/mol. The molecule has 0 spiro atoms. The second-order valence-corrected chi connectivity index (χ2v) is 5.83. The van der Waals surface area contributed by atoms with Crippen molar-refractivity contribution in [2.45, 2.75) is 20.8 Å². The second-order valence-electron chi connectivity index (χ2n) is 4.82. The van der Waals surface area contributed by atoms with Gasteiger partial charge in [0.1, 0.15) is 0 Å². The van der Waals surface area contributed by atoms with Gasteiger partial charge in [0, 0.05) is 19.6 Å². The van der Waals surface area contributed by atoms with Crippen molar-refractivity contribution in [1.29, 1.82) is 0 Å². The van der Waals surface area contributed by atoms with Crippen molar-refractivity contribution in [1.82, 2.24) is 10.3 Å². The first-order valence-corrected chi connectivity index (χ1v) is 7.70. The Balaban J connectivity index is 2.07. The number of nitrogens with zero attached hydrogens (tertiary/aromatic N) is 2. The van der Waals surface area contributed by atoms with Crippen LogP contribution in [0.15, 0.2) is 5.57 Å². The van der Waals surface area contributed by atoms with Crippen LogP contribution in [0.4, 0.5) is 5.13 Å². The summed E-state index contributed by atoms with van der Waals surface area (Å²) in [5.41, 5.74) is 2.48. The van der Waals surface area contributed by atoms with Gasteiger partial charge in [0.25, 0.3) is 0 Å². The summed E-state index contributed by atoms with van der Waals surface area (Å²) in [6.07, 6.45) is 2.25. The van der Waals surface area contributed by atoms with Crippen LogP contribution in [0.1, 0.15) is 24.4 Å². The third-order valence-electron chi connectivity index (χ3n) is 3.13. The van der Waals surface area contributed by atoms with E-state index in [4.69, 9.17) is 9.72 Å². The summed E-state index contributed by atoms with van der Waals surface area (Å²) in [7, 11) is 0. The average molecular weight is 281 g/mol. The molecule has 1 aliphatic rings. The smallest absolute Gasteiger partial charge is 0.186 e. The molecule has 1 aromatic heterocycles. The Hall–Kier alpha value is -0.910. The minimum Gasteiger partial charge on any atom is -0.378 e. The number of anilines is 1. The molecule has 0 radical (unpaired) electrons. The lowest BCUT2D eigenvalue weighted by Crippen LogP contribution is -2.36. The molecule has 0 aromatic carbocycles. The molecule has 1 aliphatic heterocycles. The number of rotatable bonds is 5. The van der Waals surface area contributed by atoms with E-state index >= 15 is 0 Å². The van der Waals surface area contributed by atoms with Crippen molar-refractivity contribution in [2.75, 3.05) is 44.3 Å². The maximum atomic E-state index is 5.38. The van der Waals surface area contributed by atoms with E-state index in [1.165, 1.54) is 10.5 Å². The van der Waals surface area contributed by atoms with Crippen molar-refractivity contribution < 1.29 is 4.74 Å². The first-order valence-electron chi connectivity index (χ1n) is 6.88. The summed E-state index contributed by atoms with van der Waals surface area (Å²) in [5.74, 6) is 0. The van der Waals surface area contributed by atoms with E-state index in [1.807, 2.05) is 0 Å². The van der Waals surface area contributed by atoms with E-state index in [9.17, 15) is 0 Å². The lowest BCUT2D eigenvalue weighted by atomic mass is 10.2. The molecule has 0 unspecified atom stereocenters. The molecule has 4 nitrogen and oxygen atoms in total. The van der Waals surface area contributed by atoms with Gasteiger partial charge >= 0.3 is 0 Å². The van der Waals surface area contributed by atoms with Crippen molar-refractivity contribution in [2.24, 2.45) is 0 Å². The van der Waals surface area contributed by atoms with Gasteiger partial charge in [-0.25, -0.2) is 4.98 Å². The summed E-state index contributed by atoms with van der Waals surface area (Å²) in [6, 6.07) is 0. The molecule has 0 saturated carbocycles. The third kappa shape index (κ3) is 4.03. The molecule has 0 aliphatic carbocycles. The Kier molecular flexibility index (Phi) is 5.36. The predicted molar refractivity (Wildman–Crippen MR) is 82.1 cm³/mol. The normalized spacial score (nSPS) is 17.0. The monoisotopic (exact) mass is 281 g/mol. The van der Waals surface area contributed by atoms with Gasteiger partial charge < -0.3 is 15.0 Å². The van der Waals surface area contributed by atoms with E-state index < -0.39 is 0 Å². The molecule has 1 aromatic rings. The highest BCUT2D eigenvalue weighted by Crippen LogP contribution is 2.28. The van der Waals surface area contributed by atoms with E-state index in [0.29, 0.717) is 0 Å². The minimum absolute atomic E-state index is 0.809. The van der Waals surface area contributed by atoms with Crippen LogP contribution in [-0.2, 0) is 4.74 Å². The summed E-state index contributed by atoms with van der Waals surface area (Å²) in [6.45, 7) is 11.9. The molecule has 19 heavy (non-hydrogen) atoms. The standard InChI is InChI=1S/C14H23N3OS/c1-4-15-10-11(2)9-13-12(3)16-14(19-13)17-5-7-18-8-6-17/h9,15H,4-8,10H2,1-3H3. The van der Waals surface area contributed by atoms with Gasteiger partial charge in [-0.1, -0.05) is 23.8 Å². The number of aromatic nitrogens is 1. The van der Waals surface area contributed by atoms with Gasteiger partial charge in [0.2, 0.25) is 0 Å². The fourth-order valence-corrected chi connectivity index (χ4v) is 3.16. The third-order valence-corrected chi connectivity index (χ3v) is 4.30. The maximum absolute atomic E-state index is 5.38. The molecule has 0 bridgehead atoms. The summed E-state index contributed by atoms with van der Waals surface area (Å²) >= 11 is 1.78. The van der Waals surface area contributed by atoms with Crippen molar-refractivity contribution >= 4 is 22.5 Å². The number of nitrogens with one attached hydrogen (secondary N) is 1. The van der Waals surface area contributed by atoms with Crippen LogP contribution in [-0.4, -0.2) is 44.4 Å². The quantitative estimate of drug-likeness (QED) is 0.898. The zero-order valence-corrected chi connectivity index (χ0v) is 12.8. The van der Waals surface area contributed by atoms with E-state index in [2.05, 4.69) is 37.1 Å². The molecule has 1 N–H and O–H groups in total. The fourth-order valence-electron chi connectivity index (χ4n) is 2.01. The summed E-state index contributed by atoms with van der Waals surface area (Å²) < 4.78 is 5.38. The zero-order chi connectivity index (χ0) is 13.7. The SMILES string of the molecule is CCNCC(C)=Cc1sc(N2CCOCC2)nc1C. The Bertz CT molecular complexity index is 436. The van der Waals surface area contributed by atoms with Gasteiger partial charge in [0.05, 0.1) is 23.8 Å². The number of likely N-dealkylation sites (N-methyl/N-ethyl adjacent to an activating group) is 1. The largest absolute Gasteiger partial charge is 0.378 e. The van der Waals surface area contributed by atoms with Gasteiger partial charge in [0.15, 0.2) is 5.13 Å². The molecule has 1 saturated heterocycles. The van der Waals surface area contributed by atoms with Crippen LogP contribution in [0, 0.1) is 6.92 Å². The van der Waals surface area contributed by atoms with Gasteiger partial charge in [-0.3, -0.25) is 0 Å². The lowest BCUT2D eigenvalue weighted by Gasteiger charge is -2.26. The van der Waals surface area contributed by atoms with E-state index in [-0.39, 0.29) is 0 Å². The molecule has 2 rings (SSSR count). The summed E-state index contributed by atoms with van der Waals surface area (Å²) in [4.78, 5) is 8.28. The average Bonchev–Trinajstić information content (AvgIpc) is 2.79. The van der Waals surface area contributed by atoms with Crippen LogP contribution in [0.5, 0.6) is 0 Å². The van der Waals surface area contributed by atoms with Crippen molar-refractivity contribution in [3.05, 3.63) is 16.1 Å². The van der Waals surface area contributed by atoms with E-state index in [0.717, 1.165) is 50.2 Å². The Morgan fingerprint density at radius 2 is 2.21 bits per heavy atom. The molecule has 106 valence electrons. The first kappa shape index (κ1) is 14.5. The maximum Gasteiger partial charge on any atom is 0.186 e. The van der Waals surface area contributed by atoms with Crippen molar-refractivity contribution in [3.8, 4) is 0 Å². The Morgan fingerprint density at radius 1 is 1.47 bits per heavy atom. The van der Waals surface area contributed by atoms with Crippen LogP contribution < -0.4 is 10.2 Å². The van der Waals surface area contributed by atoms with E-state index in [1.54, 1.807) is 11.3 Å². The number of hydrogen-bond donors (Lipinski definition) is 1. The highest BCUT2D eigenvalue weighted by molar-refractivity contribution is 7.16. The lowest BCUT2D eigenvalue weighted by molar-refractivity contribution is 0.122. The first-order chi connectivity index (χ1) is 9.20.